The number of fused-ring (bicyclic) bond motifs is 2. The third-order valence-electron chi connectivity index (χ3n) is 5.69. The first-order valence-corrected chi connectivity index (χ1v) is 10.4. The predicted octanol–water partition coefficient (Wildman–Crippen LogP) is 5.75. The van der Waals surface area contributed by atoms with Crippen molar-refractivity contribution in [2.24, 2.45) is 0 Å². The summed E-state index contributed by atoms with van der Waals surface area (Å²) in [5.41, 5.74) is 3.82. The summed E-state index contributed by atoms with van der Waals surface area (Å²) >= 11 is 0. The third-order valence-corrected chi connectivity index (χ3v) is 5.69. The van der Waals surface area contributed by atoms with E-state index in [1.807, 2.05) is 55.6 Å². The van der Waals surface area contributed by atoms with Crippen molar-refractivity contribution in [1.29, 1.82) is 0 Å². The van der Waals surface area contributed by atoms with Gasteiger partial charge in [-0.05, 0) is 48.6 Å². The number of para-hydroxylation sites is 1. The molecule has 1 N–H and O–H groups in total. The number of carbonyl (C=O) groups excluding carboxylic acids is 1. The molecule has 4 rings (SSSR count). The molecule has 0 aliphatic rings. The van der Waals surface area contributed by atoms with Gasteiger partial charge in [-0.1, -0.05) is 61.5 Å². The molecule has 0 radical (unpaired) electrons. The van der Waals surface area contributed by atoms with Crippen molar-refractivity contribution >= 4 is 27.5 Å². The Morgan fingerprint density at radius 1 is 0.931 bits per heavy atom. The fourth-order valence-electron chi connectivity index (χ4n) is 4.18. The summed E-state index contributed by atoms with van der Waals surface area (Å²) in [6.07, 6.45) is 4.24. The van der Waals surface area contributed by atoms with Gasteiger partial charge in [0.2, 0.25) is 0 Å². The number of hydrogen-bond acceptors (Lipinski definition) is 2. The number of carbonyl (C=O) groups is 1. The van der Waals surface area contributed by atoms with Gasteiger partial charge in [0.25, 0.3) is 0 Å². The van der Waals surface area contributed by atoms with Crippen LogP contribution in [0.2, 0.25) is 0 Å². The number of nitrogens with zero attached hydrogens (tertiary/aromatic N) is 1. The number of aliphatic hydroxyl groups excluding tert-OH is 1. The van der Waals surface area contributed by atoms with Crippen LogP contribution >= 0.6 is 0 Å². The minimum atomic E-state index is -0.304. The highest BCUT2D eigenvalue weighted by atomic mass is 16.3. The predicted molar refractivity (Wildman–Crippen MR) is 120 cm³/mol. The van der Waals surface area contributed by atoms with E-state index in [0.29, 0.717) is 0 Å². The highest BCUT2D eigenvalue weighted by Gasteiger charge is 2.19. The normalized spacial score (nSPS) is 12.5. The van der Waals surface area contributed by atoms with Crippen LogP contribution in [-0.4, -0.2) is 21.6 Å². The van der Waals surface area contributed by atoms with Gasteiger partial charge in [-0.15, -0.1) is 0 Å². The molecule has 1 heterocycles. The van der Waals surface area contributed by atoms with E-state index in [1.165, 1.54) is 5.56 Å². The van der Waals surface area contributed by atoms with Crippen LogP contribution in [0, 0.1) is 0 Å². The molecule has 0 aliphatic carbocycles. The van der Waals surface area contributed by atoms with Gasteiger partial charge in [0.15, 0.2) is 5.78 Å². The Bertz CT molecular complexity index is 1170. The lowest BCUT2D eigenvalue weighted by atomic mass is 9.93. The maximum absolute atomic E-state index is 13.6. The van der Waals surface area contributed by atoms with Gasteiger partial charge < -0.3 is 9.67 Å². The van der Waals surface area contributed by atoms with E-state index in [-0.39, 0.29) is 11.9 Å². The highest BCUT2D eigenvalue weighted by molar-refractivity contribution is 6.21. The van der Waals surface area contributed by atoms with Crippen LogP contribution < -0.4 is 0 Å². The lowest BCUT2D eigenvalue weighted by Crippen LogP contribution is -2.04. The van der Waals surface area contributed by atoms with E-state index in [0.717, 1.165) is 58.6 Å². The van der Waals surface area contributed by atoms with E-state index in [9.17, 15) is 9.90 Å². The number of aryl methyl sites for hydroxylation is 2. The summed E-state index contributed by atoms with van der Waals surface area (Å²) in [7, 11) is 0. The minimum Gasteiger partial charge on any atom is -0.393 e. The molecule has 0 amide bonds. The minimum absolute atomic E-state index is 0.0642. The summed E-state index contributed by atoms with van der Waals surface area (Å²) < 4.78 is 2.15. The molecule has 0 saturated carbocycles. The summed E-state index contributed by atoms with van der Waals surface area (Å²) in [5, 5.41) is 12.7. The third kappa shape index (κ3) is 3.70. The number of aliphatic hydroxyl groups is 1. The summed E-state index contributed by atoms with van der Waals surface area (Å²) in [4.78, 5) is 13.6. The Morgan fingerprint density at radius 3 is 2.34 bits per heavy atom. The molecule has 3 heteroatoms. The van der Waals surface area contributed by atoms with Gasteiger partial charge in [-0.25, -0.2) is 0 Å². The standard InChI is InChI=1S/C26H27NO2/c1-3-19-14-15-23(21-11-5-4-10-20(19)21)26(29)24-17-27(16-8-9-18(2)28)25-13-7-6-12-22(24)25/h4-7,10-15,17-18,28H,3,8-9,16H2,1-2H3/t18-/m1/s1. The molecule has 1 atom stereocenters. The van der Waals surface area contributed by atoms with Crippen molar-refractivity contribution in [3.8, 4) is 0 Å². The molecule has 3 aromatic carbocycles. The zero-order chi connectivity index (χ0) is 20.4. The number of ketones is 1. The number of rotatable bonds is 7. The largest absolute Gasteiger partial charge is 0.393 e. The topological polar surface area (TPSA) is 42.2 Å². The van der Waals surface area contributed by atoms with Crippen LogP contribution in [0.5, 0.6) is 0 Å². The van der Waals surface area contributed by atoms with Crippen LogP contribution in [0.3, 0.4) is 0 Å². The second-order valence-electron chi connectivity index (χ2n) is 7.75. The molecule has 0 spiro atoms. The Balaban J connectivity index is 1.79. The maximum atomic E-state index is 13.6. The van der Waals surface area contributed by atoms with Crippen LogP contribution in [0.15, 0.2) is 66.9 Å². The number of aromatic nitrogens is 1. The van der Waals surface area contributed by atoms with E-state index in [1.54, 1.807) is 0 Å². The number of benzene rings is 3. The lowest BCUT2D eigenvalue weighted by molar-refractivity contribution is 0.104. The van der Waals surface area contributed by atoms with Gasteiger partial charge in [0.05, 0.1) is 6.10 Å². The summed E-state index contributed by atoms with van der Waals surface area (Å²) in [6.45, 7) is 4.74. The second kappa shape index (κ2) is 8.22. The molecule has 3 nitrogen and oxygen atoms in total. The zero-order valence-corrected chi connectivity index (χ0v) is 17.1. The van der Waals surface area contributed by atoms with E-state index in [2.05, 4.69) is 29.7 Å². The van der Waals surface area contributed by atoms with E-state index >= 15 is 0 Å². The average Bonchev–Trinajstić information content (AvgIpc) is 3.11. The maximum Gasteiger partial charge on any atom is 0.195 e. The Morgan fingerprint density at radius 2 is 1.62 bits per heavy atom. The van der Waals surface area contributed by atoms with Crippen molar-refractivity contribution in [1.82, 2.24) is 4.57 Å². The zero-order valence-electron chi connectivity index (χ0n) is 17.1. The highest BCUT2D eigenvalue weighted by Crippen LogP contribution is 2.29. The average molecular weight is 386 g/mol. The molecule has 0 unspecified atom stereocenters. The molecule has 0 fully saturated rings. The molecule has 0 bridgehead atoms. The Hall–Kier alpha value is -2.91. The van der Waals surface area contributed by atoms with Crippen LogP contribution in [0.1, 0.15) is 48.2 Å². The molecule has 1 aromatic heterocycles. The van der Waals surface area contributed by atoms with Crippen molar-refractivity contribution in [3.05, 3.63) is 83.6 Å². The number of hydrogen-bond donors (Lipinski definition) is 1. The molecule has 0 aliphatic heterocycles. The first-order chi connectivity index (χ1) is 14.1. The van der Waals surface area contributed by atoms with E-state index in [4.69, 9.17) is 0 Å². The molecule has 29 heavy (non-hydrogen) atoms. The van der Waals surface area contributed by atoms with Gasteiger partial charge in [0, 0.05) is 34.8 Å². The molecule has 148 valence electrons. The van der Waals surface area contributed by atoms with Crippen LogP contribution in [0.4, 0.5) is 0 Å². The van der Waals surface area contributed by atoms with E-state index < -0.39 is 0 Å². The fraction of sp³-hybridized carbons (Fsp3) is 0.269. The SMILES string of the molecule is CCc1ccc(C(=O)c2cn(CCC[C@@H](C)O)c3ccccc23)c2ccccc12. The lowest BCUT2D eigenvalue weighted by Gasteiger charge is -2.09. The van der Waals surface area contributed by atoms with Crippen LogP contribution in [-0.2, 0) is 13.0 Å². The quantitative estimate of drug-likeness (QED) is 0.412. The fourth-order valence-corrected chi connectivity index (χ4v) is 4.18. The van der Waals surface area contributed by atoms with Crippen molar-refractivity contribution < 1.29 is 9.90 Å². The Kier molecular flexibility index (Phi) is 5.50. The monoisotopic (exact) mass is 385 g/mol. The Labute approximate surface area is 171 Å². The molecular formula is C26H27NO2. The van der Waals surface area contributed by atoms with Gasteiger partial charge in [0.1, 0.15) is 0 Å². The van der Waals surface area contributed by atoms with Gasteiger partial charge >= 0.3 is 0 Å². The van der Waals surface area contributed by atoms with Crippen LogP contribution in [0.25, 0.3) is 21.7 Å². The van der Waals surface area contributed by atoms with Crippen molar-refractivity contribution in [2.75, 3.05) is 0 Å². The molecule has 4 aromatic rings. The second-order valence-corrected chi connectivity index (χ2v) is 7.75. The van der Waals surface area contributed by atoms with Crippen molar-refractivity contribution in [2.45, 2.75) is 45.8 Å². The summed E-state index contributed by atoms with van der Waals surface area (Å²) in [5.74, 6) is 0.0642. The summed E-state index contributed by atoms with van der Waals surface area (Å²) in [6, 6.07) is 20.3. The first-order valence-electron chi connectivity index (χ1n) is 10.4. The smallest absolute Gasteiger partial charge is 0.195 e. The van der Waals surface area contributed by atoms with Gasteiger partial charge in [-0.2, -0.15) is 0 Å². The molecular weight excluding hydrogens is 358 g/mol. The first kappa shape index (κ1) is 19.4. The molecule has 0 saturated heterocycles. The van der Waals surface area contributed by atoms with Crippen molar-refractivity contribution in [3.63, 3.8) is 0 Å². The van der Waals surface area contributed by atoms with Gasteiger partial charge in [-0.3, -0.25) is 4.79 Å².